The van der Waals surface area contributed by atoms with Crippen molar-refractivity contribution in [1.82, 2.24) is 4.90 Å². The molecule has 0 spiro atoms. The van der Waals surface area contributed by atoms with Crippen LogP contribution in [0.4, 0.5) is 0 Å². The maximum absolute atomic E-state index is 13.0. The second-order valence-electron chi connectivity index (χ2n) is 7.73. The van der Waals surface area contributed by atoms with E-state index in [4.69, 9.17) is 5.11 Å². The summed E-state index contributed by atoms with van der Waals surface area (Å²) in [7, 11) is 0. The summed E-state index contributed by atoms with van der Waals surface area (Å²) in [4.78, 5) is 25.7. The highest BCUT2D eigenvalue weighted by atomic mass is 16.4. The van der Waals surface area contributed by atoms with E-state index in [2.05, 4.69) is 0 Å². The molecule has 0 aromatic rings. The molecule has 4 nitrogen and oxygen atoms in total. The summed E-state index contributed by atoms with van der Waals surface area (Å²) in [6.45, 7) is 4.35. The van der Waals surface area contributed by atoms with Crippen LogP contribution in [0.5, 0.6) is 0 Å². The first-order valence-electron chi connectivity index (χ1n) is 8.48. The molecule has 0 aromatic heterocycles. The predicted octanol–water partition coefficient (Wildman–Crippen LogP) is 2.77. The third kappa shape index (κ3) is 2.82. The summed E-state index contributed by atoms with van der Waals surface area (Å²) in [5, 5.41) is 8.90. The number of hydrogen-bond acceptors (Lipinski definition) is 2. The number of hydrogen-bond donors (Lipinski definition) is 1. The molecule has 0 radical (unpaired) electrons. The van der Waals surface area contributed by atoms with Gasteiger partial charge in [-0.15, -0.1) is 0 Å². The summed E-state index contributed by atoms with van der Waals surface area (Å²) >= 11 is 0. The molecule has 4 heteroatoms. The number of rotatable bonds is 5. The first-order chi connectivity index (χ1) is 9.95. The largest absolute Gasteiger partial charge is 0.481 e. The van der Waals surface area contributed by atoms with E-state index >= 15 is 0 Å². The first kappa shape index (κ1) is 14.9. The molecule has 1 N–H and O–H groups in total. The van der Waals surface area contributed by atoms with Crippen LogP contribution in [0.15, 0.2) is 0 Å². The molecule has 4 bridgehead atoms. The zero-order chi connectivity index (χ0) is 15.1. The van der Waals surface area contributed by atoms with Crippen LogP contribution in [0.2, 0.25) is 0 Å². The predicted molar refractivity (Wildman–Crippen MR) is 79.6 cm³/mol. The zero-order valence-corrected chi connectivity index (χ0v) is 13.1. The topological polar surface area (TPSA) is 57.6 Å². The lowest BCUT2D eigenvalue weighted by atomic mass is 9.51. The molecule has 0 unspecified atom stereocenters. The number of aliphatic carboxylic acids is 1. The number of carbonyl (C=O) groups excluding carboxylic acids is 1. The maximum atomic E-state index is 13.0. The normalized spacial score (nSPS) is 37.0. The van der Waals surface area contributed by atoms with Crippen LogP contribution in [0.3, 0.4) is 0 Å². The van der Waals surface area contributed by atoms with Crippen LogP contribution in [-0.2, 0) is 9.59 Å². The van der Waals surface area contributed by atoms with Gasteiger partial charge in [-0.2, -0.15) is 0 Å². The summed E-state index contributed by atoms with van der Waals surface area (Å²) in [6, 6.07) is 0.0917. The minimum absolute atomic E-state index is 0.0528. The molecule has 0 aromatic carbocycles. The van der Waals surface area contributed by atoms with E-state index in [0.29, 0.717) is 18.4 Å². The number of carboxylic acid groups (broad SMARTS) is 1. The average Bonchev–Trinajstić information content (AvgIpc) is 2.36. The van der Waals surface area contributed by atoms with Crippen LogP contribution < -0.4 is 0 Å². The summed E-state index contributed by atoms with van der Waals surface area (Å²) in [5.41, 5.74) is 0. The third-order valence-corrected chi connectivity index (χ3v) is 5.98. The smallest absolute Gasteiger partial charge is 0.305 e. The molecule has 0 aliphatic heterocycles. The molecule has 118 valence electrons. The summed E-state index contributed by atoms with van der Waals surface area (Å²) in [5.74, 6) is 2.46. The van der Waals surface area contributed by atoms with Gasteiger partial charge >= 0.3 is 5.97 Å². The van der Waals surface area contributed by atoms with Crippen LogP contribution in [0.25, 0.3) is 0 Å². The van der Waals surface area contributed by atoms with Crippen LogP contribution >= 0.6 is 0 Å². The van der Waals surface area contributed by atoms with Crippen LogP contribution in [0.1, 0.15) is 52.4 Å². The Hall–Kier alpha value is -1.06. The zero-order valence-electron chi connectivity index (χ0n) is 13.1. The van der Waals surface area contributed by atoms with Gasteiger partial charge in [0, 0.05) is 18.5 Å². The highest BCUT2D eigenvalue weighted by Crippen LogP contribution is 2.56. The average molecular weight is 293 g/mol. The van der Waals surface area contributed by atoms with Crippen molar-refractivity contribution in [2.24, 2.45) is 29.6 Å². The quantitative estimate of drug-likeness (QED) is 0.848. The molecule has 4 fully saturated rings. The van der Waals surface area contributed by atoms with E-state index in [9.17, 15) is 9.59 Å². The molecule has 0 atom stereocenters. The Morgan fingerprint density at radius 3 is 2.00 bits per heavy atom. The van der Waals surface area contributed by atoms with Gasteiger partial charge in [0.25, 0.3) is 0 Å². The van der Waals surface area contributed by atoms with Gasteiger partial charge < -0.3 is 10.0 Å². The number of carboxylic acids is 1. The van der Waals surface area contributed by atoms with Crippen molar-refractivity contribution in [3.63, 3.8) is 0 Å². The van der Waals surface area contributed by atoms with E-state index < -0.39 is 5.97 Å². The summed E-state index contributed by atoms with van der Waals surface area (Å²) in [6.07, 6.45) is 6.36. The van der Waals surface area contributed by atoms with Gasteiger partial charge in [-0.3, -0.25) is 9.59 Å². The molecule has 4 rings (SSSR count). The van der Waals surface area contributed by atoms with E-state index in [1.165, 1.54) is 32.1 Å². The fraction of sp³-hybridized carbons (Fsp3) is 0.882. The van der Waals surface area contributed by atoms with Gasteiger partial charge in [0.05, 0.1) is 6.42 Å². The molecule has 1 amide bonds. The van der Waals surface area contributed by atoms with Crippen molar-refractivity contribution in [2.75, 3.05) is 6.54 Å². The number of amides is 1. The number of carbonyl (C=O) groups is 2. The van der Waals surface area contributed by atoms with E-state index in [0.717, 1.165) is 11.8 Å². The van der Waals surface area contributed by atoms with Crippen molar-refractivity contribution in [3.8, 4) is 0 Å². The Kier molecular flexibility index (Phi) is 3.98. The molecule has 4 aliphatic carbocycles. The molecular weight excluding hydrogens is 266 g/mol. The monoisotopic (exact) mass is 293 g/mol. The Morgan fingerprint density at radius 1 is 1.05 bits per heavy atom. The molecular formula is C17H27NO3. The van der Waals surface area contributed by atoms with Crippen molar-refractivity contribution >= 4 is 11.9 Å². The van der Waals surface area contributed by atoms with Gasteiger partial charge in [-0.05, 0) is 69.6 Å². The van der Waals surface area contributed by atoms with Gasteiger partial charge in [0.2, 0.25) is 5.91 Å². The lowest BCUT2D eigenvalue weighted by molar-refractivity contribution is -0.151. The van der Waals surface area contributed by atoms with E-state index in [1.54, 1.807) is 0 Å². The van der Waals surface area contributed by atoms with Crippen LogP contribution in [-0.4, -0.2) is 34.5 Å². The highest BCUT2D eigenvalue weighted by Gasteiger charge is 2.51. The second kappa shape index (κ2) is 5.62. The standard InChI is InChI=1S/C17H27NO3/c1-10(2)18(4-3-15(19)20)17(21)16-13-6-11-5-12(8-13)9-14(16)7-11/h10-14,16H,3-9H2,1-2H3,(H,19,20). The Balaban J connectivity index is 1.72. The van der Waals surface area contributed by atoms with Gasteiger partial charge in [0.1, 0.15) is 0 Å². The highest BCUT2D eigenvalue weighted by molar-refractivity contribution is 5.80. The van der Waals surface area contributed by atoms with Crippen LogP contribution in [0, 0.1) is 29.6 Å². The lowest BCUT2D eigenvalue weighted by Crippen LogP contribution is -2.53. The molecule has 4 aliphatic rings. The van der Waals surface area contributed by atoms with E-state index in [-0.39, 0.29) is 24.3 Å². The lowest BCUT2D eigenvalue weighted by Gasteiger charge is -2.54. The van der Waals surface area contributed by atoms with Gasteiger partial charge in [-0.25, -0.2) is 0 Å². The molecule has 21 heavy (non-hydrogen) atoms. The fourth-order valence-electron chi connectivity index (χ4n) is 5.36. The minimum atomic E-state index is -0.821. The minimum Gasteiger partial charge on any atom is -0.481 e. The molecule has 4 saturated carbocycles. The van der Waals surface area contributed by atoms with Crippen molar-refractivity contribution < 1.29 is 14.7 Å². The molecule has 0 heterocycles. The maximum Gasteiger partial charge on any atom is 0.305 e. The Morgan fingerprint density at radius 2 is 1.57 bits per heavy atom. The Labute approximate surface area is 126 Å². The second-order valence-corrected chi connectivity index (χ2v) is 7.73. The van der Waals surface area contributed by atoms with Gasteiger partial charge in [0.15, 0.2) is 0 Å². The van der Waals surface area contributed by atoms with Gasteiger partial charge in [-0.1, -0.05) is 0 Å². The first-order valence-corrected chi connectivity index (χ1v) is 8.48. The SMILES string of the molecule is CC(C)N(CCC(=O)O)C(=O)C1C2CC3CC(C2)CC1C3. The molecule has 0 saturated heterocycles. The third-order valence-electron chi connectivity index (χ3n) is 5.98. The fourth-order valence-corrected chi connectivity index (χ4v) is 5.36. The summed E-state index contributed by atoms with van der Waals surface area (Å²) < 4.78 is 0. The Bertz CT molecular complexity index is 404. The van der Waals surface area contributed by atoms with E-state index in [1.807, 2.05) is 18.7 Å². The van der Waals surface area contributed by atoms with Crippen molar-refractivity contribution in [3.05, 3.63) is 0 Å². The van der Waals surface area contributed by atoms with Crippen molar-refractivity contribution in [1.29, 1.82) is 0 Å². The van der Waals surface area contributed by atoms with Crippen molar-refractivity contribution in [2.45, 2.75) is 58.4 Å². The number of nitrogens with zero attached hydrogens (tertiary/aromatic N) is 1.